The summed E-state index contributed by atoms with van der Waals surface area (Å²) in [5.74, 6) is -0.0329. The molecule has 76 valence electrons. The van der Waals surface area contributed by atoms with Gasteiger partial charge in [0.15, 0.2) is 0 Å². The Bertz CT molecular complexity index is 319. The van der Waals surface area contributed by atoms with Gasteiger partial charge in [-0.15, -0.1) is 0 Å². The zero-order chi connectivity index (χ0) is 10.6. The lowest BCUT2D eigenvalue weighted by molar-refractivity contribution is 0.0955. The molecule has 0 aliphatic rings. The molecule has 0 unspecified atom stereocenters. The van der Waals surface area contributed by atoms with Gasteiger partial charge < -0.3 is 5.32 Å². The summed E-state index contributed by atoms with van der Waals surface area (Å²) in [6, 6.07) is 5.71. The quantitative estimate of drug-likeness (QED) is 0.852. The average Bonchev–Trinajstić information content (AvgIpc) is 2.14. The Morgan fingerprint density at radius 3 is 2.79 bits per heavy atom. The predicted octanol–water partition coefficient (Wildman–Crippen LogP) is 2.88. The van der Waals surface area contributed by atoms with Gasteiger partial charge in [0.2, 0.25) is 0 Å². The van der Waals surface area contributed by atoms with Crippen LogP contribution in [0.3, 0.4) is 0 Å². The third kappa shape index (κ3) is 2.82. The molecule has 0 saturated carbocycles. The molecule has 0 aliphatic heterocycles. The van der Waals surface area contributed by atoms with Gasteiger partial charge in [0.25, 0.3) is 5.91 Å². The van der Waals surface area contributed by atoms with Gasteiger partial charge in [0.1, 0.15) is 0 Å². The van der Waals surface area contributed by atoms with Crippen LogP contribution in [0.4, 0.5) is 0 Å². The van der Waals surface area contributed by atoms with Crippen molar-refractivity contribution in [3.05, 3.63) is 33.8 Å². The number of halogens is 2. The van der Waals surface area contributed by atoms with Crippen LogP contribution < -0.4 is 5.32 Å². The highest BCUT2D eigenvalue weighted by Gasteiger charge is 2.11. The van der Waals surface area contributed by atoms with Crippen molar-refractivity contribution in [3.63, 3.8) is 0 Å². The summed E-state index contributed by atoms with van der Waals surface area (Å²) < 4.78 is 0.838. The first kappa shape index (κ1) is 11.7. The van der Waals surface area contributed by atoms with Gasteiger partial charge in [-0.05, 0) is 34.5 Å². The normalized spacial score (nSPS) is 9.93. The molecule has 1 aromatic rings. The zero-order valence-corrected chi connectivity index (χ0v) is 11.0. The molecule has 0 heterocycles. The monoisotopic (exact) mass is 319 g/mol. The first-order chi connectivity index (χ1) is 6.66. The summed E-state index contributed by atoms with van der Waals surface area (Å²) in [7, 11) is 0. The highest BCUT2D eigenvalue weighted by atomic mass is 79.9. The Kier molecular flexibility index (Phi) is 4.62. The first-order valence-corrected chi connectivity index (χ1v) is 6.17. The van der Waals surface area contributed by atoms with Crippen molar-refractivity contribution in [2.45, 2.75) is 6.92 Å². The largest absolute Gasteiger partial charge is 0.351 e. The van der Waals surface area contributed by atoms with Gasteiger partial charge in [-0.1, -0.05) is 28.1 Å². The van der Waals surface area contributed by atoms with Gasteiger partial charge in [0.05, 0.1) is 5.56 Å². The molecule has 1 amide bonds. The van der Waals surface area contributed by atoms with E-state index in [0.29, 0.717) is 12.1 Å². The number of amides is 1. The third-order valence-electron chi connectivity index (χ3n) is 1.83. The minimum atomic E-state index is -0.0329. The fourth-order valence-corrected chi connectivity index (χ4v) is 2.01. The number of carbonyl (C=O) groups excluding carboxylic acids is 1. The molecule has 0 aromatic heterocycles. The predicted molar refractivity (Wildman–Crippen MR) is 65.0 cm³/mol. The number of hydrogen-bond acceptors (Lipinski definition) is 1. The Morgan fingerprint density at radius 1 is 1.50 bits per heavy atom. The summed E-state index contributed by atoms with van der Waals surface area (Å²) in [5.41, 5.74) is 1.69. The summed E-state index contributed by atoms with van der Waals surface area (Å²) in [6.07, 6.45) is 0. The van der Waals surface area contributed by atoms with Crippen molar-refractivity contribution in [1.82, 2.24) is 5.32 Å². The first-order valence-electron chi connectivity index (χ1n) is 4.26. The molecule has 4 heteroatoms. The Hall–Kier alpha value is -0.350. The maximum absolute atomic E-state index is 11.7. The lowest BCUT2D eigenvalue weighted by Crippen LogP contribution is -2.26. The molecule has 0 radical (unpaired) electrons. The molecular formula is C10H11Br2NO. The lowest BCUT2D eigenvalue weighted by Gasteiger charge is -2.08. The number of nitrogens with one attached hydrogen (secondary N) is 1. The van der Waals surface area contributed by atoms with Crippen molar-refractivity contribution in [1.29, 1.82) is 0 Å². The Labute approximate surface area is 100 Å². The molecule has 1 N–H and O–H groups in total. The Morgan fingerprint density at radius 2 is 2.21 bits per heavy atom. The molecule has 2 nitrogen and oxygen atoms in total. The smallest absolute Gasteiger partial charge is 0.252 e. The summed E-state index contributed by atoms with van der Waals surface area (Å²) in [5, 5.41) is 3.58. The van der Waals surface area contributed by atoms with E-state index in [9.17, 15) is 4.79 Å². The SMILES string of the molecule is Cc1cccc(Br)c1C(=O)NCCBr. The van der Waals surface area contributed by atoms with E-state index in [4.69, 9.17) is 0 Å². The van der Waals surface area contributed by atoms with Crippen LogP contribution in [0.25, 0.3) is 0 Å². The van der Waals surface area contributed by atoms with E-state index < -0.39 is 0 Å². The minimum Gasteiger partial charge on any atom is -0.351 e. The van der Waals surface area contributed by atoms with Crippen molar-refractivity contribution in [3.8, 4) is 0 Å². The molecule has 0 bridgehead atoms. The fourth-order valence-electron chi connectivity index (χ4n) is 1.17. The molecular weight excluding hydrogens is 310 g/mol. The van der Waals surface area contributed by atoms with Crippen molar-refractivity contribution < 1.29 is 4.79 Å². The molecule has 0 aliphatic carbocycles. The van der Waals surface area contributed by atoms with Crippen LogP contribution >= 0.6 is 31.9 Å². The molecule has 1 aromatic carbocycles. The van der Waals surface area contributed by atoms with Gasteiger partial charge in [-0.3, -0.25) is 4.79 Å². The second kappa shape index (κ2) is 5.51. The minimum absolute atomic E-state index is 0.0329. The van der Waals surface area contributed by atoms with E-state index in [0.717, 1.165) is 15.4 Å². The molecule has 0 spiro atoms. The molecule has 14 heavy (non-hydrogen) atoms. The average molecular weight is 321 g/mol. The Balaban J connectivity index is 2.89. The second-order valence-electron chi connectivity index (χ2n) is 2.88. The van der Waals surface area contributed by atoms with Crippen molar-refractivity contribution in [2.24, 2.45) is 0 Å². The van der Waals surface area contributed by atoms with Crippen LogP contribution in [-0.2, 0) is 0 Å². The van der Waals surface area contributed by atoms with Crippen molar-refractivity contribution in [2.75, 3.05) is 11.9 Å². The number of alkyl halides is 1. The zero-order valence-electron chi connectivity index (χ0n) is 7.81. The maximum atomic E-state index is 11.7. The van der Waals surface area contributed by atoms with Crippen LogP contribution in [-0.4, -0.2) is 17.8 Å². The summed E-state index contributed by atoms with van der Waals surface area (Å²) in [4.78, 5) is 11.7. The van der Waals surface area contributed by atoms with Crippen molar-refractivity contribution >= 4 is 37.8 Å². The van der Waals surface area contributed by atoms with Crippen LogP contribution in [0, 0.1) is 6.92 Å². The lowest BCUT2D eigenvalue weighted by atomic mass is 10.1. The fraction of sp³-hybridized carbons (Fsp3) is 0.300. The van der Waals surface area contributed by atoms with Crippen LogP contribution in [0.5, 0.6) is 0 Å². The van der Waals surface area contributed by atoms with E-state index >= 15 is 0 Å². The third-order valence-corrected chi connectivity index (χ3v) is 2.89. The van der Waals surface area contributed by atoms with E-state index in [1.807, 2.05) is 25.1 Å². The molecule has 0 atom stereocenters. The molecule has 0 saturated heterocycles. The van der Waals surface area contributed by atoms with Gasteiger partial charge in [0, 0.05) is 16.3 Å². The number of carbonyl (C=O) groups is 1. The van der Waals surface area contributed by atoms with Gasteiger partial charge in [-0.2, -0.15) is 0 Å². The molecule has 0 fully saturated rings. The van der Waals surface area contributed by atoms with Crippen LogP contribution in [0.2, 0.25) is 0 Å². The summed E-state index contributed by atoms with van der Waals surface area (Å²) >= 11 is 6.63. The molecule has 1 rings (SSSR count). The van der Waals surface area contributed by atoms with E-state index in [1.165, 1.54) is 0 Å². The second-order valence-corrected chi connectivity index (χ2v) is 4.52. The van der Waals surface area contributed by atoms with E-state index in [1.54, 1.807) is 0 Å². The topological polar surface area (TPSA) is 29.1 Å². The van der Waals surface area contributed by atoms with Crippen LogP contribution in [0.1, 0.15) is 15.9 Å². The standard InChI is InChI=1S/C10H11Br2NO/c1-7-3-2-4-8(12)9(7)10(14)13-6-5-11/h2-4H,5-6H2,1H3,(H,13,14). The van der Waals surface area contributed by atoms with Gasteiger partial charge in [-0.25, -0.2) is 0 Å². The number of hydrogen-bond donors (Lipinski definition) is 1. The van der Waals surface area contributed by atoms with E-state index in [2.05, 4.69) is 37.2 Å². The van der Waals surface area contributed by atoms with Gasteiger partial charge >= 0.3 is 0 Å². The highest BCUT2D eigenvalue weighted by Crippen LogP contribution is 2.19. The highest BCUT2D eigenvalue weighted by molar-refractivity contribution is 9.10. The maximum Gasteiger partial charge on any atom is 0.252 e. The number of benzene rings is 1. The van der Waals surface area contributed by atoms with Crippen LogP contribution in [0.15, 0.2) is 22.7 Å². The summed E-state index contributed by atoms with van der Waals surface area (Å²) in [6.45, 7) is 2.56. The number of rotatable bonds is 3. The number of aryl methyl sites for hydroxylation is 1. The van der Waals surface area contributed by atoms with E-state index in [-0.39, 0.29) is 5.91 Å².